The predicted octanol–water partition coefficient (Wildman–Crippen LogP) is 3.40. The van der Waals surface area contributed by atoms with Crippen molar-refractivity contribution in [1.82, 2.24) is 9.88 Å². The Balaban J connectivity index is 1.31. The number of benzene rings is 2. The number of para-hydroxylation sites is 3. The van der Waals surface area contributed by atoms with Gasteiger partial charge in [0.25, 0.3) is 5.91 Å². The third kappa shape index (κ3) is 3.94. The number of esters is 1. The van der Waals surface area contributed by atoms with Crippen molar-refractivity contribution in [3.05, 3.63) is 59.5 Å². The predicted molar refractivity (Wildman–Crippen MR) is 106 cm³/mol. The van der Waals surface area contributed by atoms with E-state index in [0.29, 0.717) is 24.5 Å². The van der Waals surface area contributed by atoms with Gasteiger partial charge in [0.05, 0.1) is 0 Å². The molecule has 7 nitrogen and oxygen atoms in total. The number of phenolic OH excluding ortho intramolecular Hbond substituents is 1. The second-order valence-corrected chi connectivity index (χ2v) is 7.22. The van der Waals surface area contributed by atoms with Crippen LogP contribution in [0, 0.1) is 6.92 Å². The van der Waals surface area contributed by atoms with Crippen LogP contribution >= 0.6 is 0 Å². The molecule has 1 N–H and O–H groups in total. The van der Waals surface area contributed by atoms with Gasteiger partial charge < -0.3 is 19.2 Å². The number of amides is 1. The first-order valence-corrected chi connectivity index (χ1v) is 9.62. The maximum Gasteiger partial charge on any atom is 0.342 e. The standard InChI is InChI=1S/C22H22N2O5/c1-14-5-4-6-16(20(14)26)22(27)28-13-19(25)24-11-9-15(10-12-24)21-23-17-7-2-3-8-18(17)29-21/h2-8,15,26H,9-13H2,1H3. The smallest absolute Gasteiger partial charge is 0.342 e. The molecule has 7 heteroatoms. The summed E-state index contributed by atoms with van der Waals surface area (Å²) in [5.41, 5.74) is 2.25. The van der Waals surface area contributed by atoms with Gasteiger partial charge >= 0.3 is 5.97 Å². The van der Waals surface area contributed by atoms with Gasteiger partial charge in [-0.3, -0.25) is 4.79 Å². The molecule has 1 aromatic heterocycles. The zero-order valence-corrected chi connectivity index (χ0v) is 16.1. The van der Waals surface area contributed by atoms with Crippen LogP contribution in [0.4, 0.5) is 0 Å². The van der Waals surface area contributed by atoms with Crippen molar-refractivity contribution in [2.45, 2.75) is 25.7 Å². The number of phenols is 1. The maximum absolute atomic E-state index is 12.4. The number of fused-ring (bicyclic) bond motifs is 1. The highest BCUT2D eigenvalue weighted by Gasteiger charge is 2.27. The van der Waals surface area contributed by atoms with E-state index in [0.717, 1.165) is 23.9 Å². The van der Waals surface area contributed by atoms with Crippen LogP contribution in [0.25, 0.3) is 11.1 Å². The van der Waals surface area contributed by atoms with Crippen LogP contribution in [-0.4, -0.2) is 46.6 Å². The summed E-state index contributed by atoms with van der Waals surface area (Å²) in [6.45, 7) is 2.45. The summed E-state index contributed by atoms with van der Waals surface area (Å²) in [7, 11) is 0. The summed E-state index contributed by atoms with van der Waals surface area (Å²) in [5, 5.41) is 9.96. The number of aryl methyl sites for hydroxylation is 1. The van der Waals surface area contributed by atoms with Crippen LogP contribution in [0.3, 0.4) is 0 Å². The second kappa shape index (κ2) is 7.95. The monoisotopic (exact) mass is 394 g/mol. The number of rotatable bonds is 4. The van der Waals surface area contributed by atoms with E-state index in [2.05, 4.69) is 4.98 Å². The molecule has 2 aromatic carbocycles. The van der Waals surface area contributed by atoms with Crippen LogP contribution < -0.4 is 0 Å². The molecule has 0 bridgehead atoms. The number of ether oxygens (including phenoxy) is 1. The van der Waals surface area contributed by atoms with Crippen LogP contribution in [-0.2, 0) is 9.53 Å². The van der Waals surface area contributed by atoms with Crippen molar-refractivity contribution in [1.29, 1.82) is 0 Å². The fourth-order valence-electron chi connectivity index (χ4n) is 3.56. The molecule has 1 fully saturated rings. The van der Waals surface area contributed by atoms with E-state index in [9.17, 15) is 14.7 Å². The third-order valence-electron chi connectivity index (χ3n) is 5.29. The van der Waals surface area contributed by atoms with Gasteiger partial charge in [-0.25, -0.2) is 9.78 Å². The van der Waals surface area contributed by atoms with E-state index in [-0.39, 0.29) is 29.7 Å². The van der Waals surface area contributed by atoms with Gasteiger partial charge in [-0.2, -0.15) is 0 Å². The van der Waals surface area contributed by atoms with E-state index in [1.807, 2.05) is 24.3 Å². The Morgan fingerprint density at radius 2 is 1.93 bits per heavy atom. The Hall–Kier alpha value is -3.35. The van der Waals surface area contributed by atoms with Gasteiger partial charge in [0.15, 0.2) is 18.1 Å². The number of aromatic hydroxyl groups is 1. The summed E-state index contributed by atoms with van der Waals surface area (Å²) in [4.78, 5) is 30.8. The molecule has 4 rings (SSSR count). The molecular formula is C22H22N2O5. The molecule has 29 heavy (non-hydrogen) atoms. The highest BCUT2D eigenvalue weighted by molar-refractivity contribution is 5.94. The van der Waals surface area contributed by atoms with Gasteiger partial charge in [0.2, 0.25) is 0 Å². The number of likely N-dealkylation sites (tertiary alicyclic amines) is 1. The Morgan fingerprint density at radius 1 is 1.17 bits per heavy atom. The minimum atomic E-state index is -0.707. The molecule has 1 saturated heterocycles. The van der Waals surface area contributed by atoms with E-state index in [1.165, 1.54) is 6.07 Å². The summed E-state index contributed by atoms with van der Waals surface area (Å²) in [5.74, 6) is -0.204. The molecule has 1 aliphatic rings. The molecule has 0 spiro atoms. The number of hydrogen-bond donors (Lipinski definition) is 1. The van der Waals surface area contributed by atoms with E-state index >= 15 is 0 Å². The van der Waals surface area contributed by atoms with Crippen molar-refractivity contribution in [3.8, 4) is 5.75 Å². The van der Waals surface area contributed by atoms with Crippen LogP contribution in [0.5, 0.6) is 5.75 Å². The van der Waals surface area contributed by atoms with Gasteiger partial charge in [-0.1, -0.05) is 24.3 Å². The quantitative estimate of drug-likeness (QED) is 0.682. The van der Waals surface area contributed by atoms with Crippen LogP contribution in [0.15, 0.2) is 46.9 Å². The lowest BCUT2D eigenvalue weighted by Crippen LogP contribution is -2.40. The molecule has 150 valence electrons. The Morgan fingerprint density at radius 3 is 2.69 bits per heavy atom. The van der Waals surface area contributed by atoms with Crippen molar-refractivity contribution in [2.75, 3.05) is 19.7 Å². The lowest BCUT2D eigenvalue weighted by molar-refractivity contribution is -0.135. The van der Waals surface area contributed by atoms with Gasteiger partial charge in [0.1, 0.15) is 16.8 Å². The molecule has 1 amide bonds. The topological polar surface area (TPSA) is 92.9 Å². The number of nitrogens with zero attached hydrogens (tertiary/aromatic N) is 2. The molecule has 1 aliphatic heterocycles. The minimum absolute atomic E-state index is 0.0625. The molecule has 0 atom stereocenters. The number of hydrogen-bond acceptors (Lipinski definition) is 6. The first-order valence-electron chi connectivity index (χ1n) is 9.62. The van der Waals surface area contributed by atoms with Crippen molar-refractivity contribution < 1.29 is 23.8 Å². The number of oxazole rings is 1. The highest BCUT2D eigenvalue weighted by Crippen LogP contribution is 2.30. The first kappa shape index (κ1) is 19.0. The molecule has 0 aliphatic carbocycles. The summed E-state index contributed by atoms with van der Waals surface area (Å²) in [6.07, 6.45) is 1.48. The van der Waals surface area contributed by atoms with Gasteiger partial charge in [0, 0.05) is 19.0 Å². The molecule has 2 heterocycles. The molecule has 3 aromatic rings. The van der Waals surface area contributed by atoms with E-state index in [1.54, 1.807) is 24.0 Å². The Labute approximate surface area is 167 Å². The third-order valence-corrected chi connectivity index (χ3v) is 5.29. The van der Waals surface area contributed by atoms with Crippen LogP contribution in [0.2, 0.25) is 0 Å². The number of carbonyl (C=O) groups is 2. The lowest BCUT2D eigenvalue weighted by atomic mass is 9.97. The fourth-order valence-corrected chi connectivity index (χ4v) is 3.56. The fraction of sp³-hybridized carbons (Fsp3) is 0.318. The number of carbonyl (C=O) groups excluding carboxylic acids is 2. The summed E-state index contributed by atoms with van der Waals surface area (Å²) < 4.78 is 11.0. The van der Waals surface area contributed by atoms with Crippen molar-refractivity contribution in [3.63, 3.8) is 0 Å². The average Bonchev–Trinajstić information content (AvgIpc) is 3.18. The van der Waals surface area contributed by atoms with E-state index < -0.39 is 5.97 Å². The summed E-state index contributed by atoms with van der Waals surface area (Å²) in [6, 6.07) is 12.5. The lowest BCUT2D eigenvalue weighted by Gasteiger charge is -2.30. The second-order valence-electron chi connectivity index (χ2n) is 7.22. The Kier molecular flexibility index (Phi) is 5.20. The largest absolute Gasteiger partial charge is 0.507 e. The number of piperidine rings is 1. The zero-order valence-electron chi connectivity index (χ0n) is 16.1. The highest BCUT2D eigenvalue weighted by atomic mass is 16.5. The SMILES string of the molecule is Cc1cccc(C(=O)OCC(=O)N2CCC(c3nc4ccccc4o3)CC2)c1O. The van der Waals surface area contributed by atoms with Crippen molar-refractivity contribution in [2.24, 2.45) is 0 Å². The first-order chi connectivity index (χ1) is 14.0. The average molecular weight is 394 g/mol. The van der Waals surface area contributed by atoms with Crippen LogP contribution in [0.1, 0.15) is 40.6 Å². The summed E-state index contributed by atoms with van der Waals surface area (Å²) >= 11 is 0. The van der Waals surface area contributed by atoms with E-state index in [4.69, 9.17) is 9.15 Å². The molecular weight excluding hydrogens is 372 g/mol. The number of aromatic nitrogens is 1. The zero-order chi connectivity index (χ0) is 20.4. The molecule has 0 radical (unpaired) electrons. The van der Waals surface area contributed by atoms with Gasteiger partial charge in [-0.15, -0.1) is 0 Å². The van der Waals surface area contributed by atoms with Gasteiger partial charge in [-0.05, 0) is 43.5 Å². The normalized spacial score (nSPS) is 14.9. The molecule has 0 saturated carbocycles. The minimum Gasteiger partial charge on any atom is -0.507 e. The van der Waals surface area contributed by atoms with Crippen molar-refractivity contribution >= 4 is 23.0 Å². The Bertz CT molecular complexity index is 1020. The maximum atomic E-state index is 12.4. The molecule has 0 unspecified atom stereocenters.